The van der Waals surface area contributed by atoms with Gasteiger partial charge in [-0.25, -0.2) is 0 Å². The van der Waals surface area contributed by atoms with E-state index in [1.807, 2.05) is 24.3 Å². The number of hydrogen-bond donors (Lipinski definition) is 3. The largest absolute Gasteiger partial charge is 0.492 e. The quantitative estimate of drug-likeness (QED) is 0.169. The highest BCUT2D eigenvalue weighted by atomic mass is 32.2. The number of rotatable bonds is 9. The molecule has 0 saturated heterocycles. The zero-order valence-electron chi connectivity index (χ0n) is 23.1. The van der Waals surface area contributed by atoms with Crippen LogP contribution in [0.1, 0.15) is 25.0 Å². The minimum atomic E-state index is -4.45. The molecule has 43 heavy (non-hydrogen) atoms. The summed E-state index contributed by atoms with van der Waals surface area (Å²) in [5.74, 6) is -0.237. The van der Waals surface area contributed by atoms with Gasteiger partial charge in [-0.1, -0.05) is 30.3 Å². The van der Waals surface area contributed by atoms with Crippen LogP contribution in [0.5, 0.6) is 5.75 Å². The molecule has 0 aromatic heterocycles. The normalized spacial score (nSPS) is 14.8. The Morgan fingerprint density at radius 2 is 1.58 bits per heavy atom. The average Bonchev–Trinajstić information content (AvgIpc) is 3.24. The lowest BCUT2D eigenvalue weighted by Crippen LogP contribution is -2.21. The molecular formula is C30H27N3O8S2. The fourth-order valence-electron chi connectivity index (χ4n) is 4.57. The first-order chi connectivity index (χ1) is 20.3. The summed E-state index contributed by atoms with van der Waals surface area (Å²) in [7, 11) is -8.79. The molecule has 0 fully saturated rings. The van der Waals surface area contributed by atoms with Crippen LogP contribution in [0.4, 0.5) is 11.4 Å². The maximum absolute atomic E-state index is 13.3. The summed E-state index contributed by atoms with van der Waals surface area (Å²) < 4.78 is 70.6. The van der Waals surface area contributed by atoms with Crippen LogP contribution in [0.2, 0.25) is 0 Å². The first-order valence-corrected chi connectivity index (χ1v) is 15.9. The smallest absolute Gasteiger partial charge is 0.298 e. The van der Waals surface area contributed by atoms with Crippen molar-refractivity contribution in [2.45, 2.75) is 30.2 Å². The summed E-state index contributed by atoms with van der Waals surface area (Å²) >= 11 is 0. The minimum Gasteiger partial charge on any atom is -0.492 e. The second-order valence-corrected chi connectivity index (χ2v) is 12.5. The van der Waals surface area contributed by atoms with E-state index >= 15 is 0 Å². The van der Waals surface area contributed by atoms with Crippen LogP contribution >= 0.6 is 0 Å². The molecule has 0 aliphatic carbocycles. The molecule has 0 saturated carbocycles. The Labute approximate surface area is 248 Å². The molecule has 5 rings (SSSR count). The monoisotopic (exact) mass is 621 g/mol. The number of anilines is 2. The molecule has 0 unspecified atom stereocenters. The molecule has 0 spiro atoms. The maximum Gasteiger partial charge on any atom is 0.298 e. The molecule has 222 valence electrons. The van der Waals surface area contributed by atoms with Crippen LogP contribution in [0, 0.1) is 0 Å². The Hall–Kier alpha value is -4.56. The first-order valence-electron chi connectivity index (χ1n) is 13.0. The van der Waals surface area contributed by atoms with E-state index in [-0.39, 0.29) is 34.6 Å². The Bertz CT molecular complexity index is 2020. The van der Waals surface area contributed by atoms with Crippen LogP contribution < -0.4 is 15.1 Å². The van der Waals surface area contributed by atoms with E-state index in [1.54, 1.807) is 50.3 Å². The summed E-state index contributed by atoms with van der Waals surface area (Å²) in [5.41, 5.74) is 3.58. The second-order valence-electron chi connectivity index (χ2n) is 9.69. The van der Waals surface area contributed by atoms with Crippen molar-refractivity contribution < 1.29 is 35.5 Å². The van der Waals surface area contributed by atoms with Crippen molar-refractivity contribution in [1.82, 2.24) is 0 Å². The van der Waals surface area contributed by atoms with Crippen LogP contribution in [0.15, 0.2) is 99.3 Å². The van der Waals surface area contributed by atoms with Gasteiger partial charge >= 0.3 is 0 Å². The highest BCUT2D eigenvalue weighted by molar-refractivity contribution is 7.86. The predicted octanol–water partition coefficient (Wildman–Crippen LogP) is 5.15. The number of nitrogens with one attached hydrogen (secondary N) is 1. The van der Waals surface area contributed by atoms with Gasteiger partial charge in [-0.2, -0.15) is 26.9 Å². The van der Waals surface area contributed by atoms with Crippen molar-refractivity contribution in [2.24, 2.45) is 5.10 Å². The fourth-order valence-corrected chi connectivity index (χ4v) is 5.77. The summed E-state index contributed by atoms with van der Waals surface area (Å²) in [4.78, 5) is 12.8. The van der Waals surface area contributed by atoms with Crippen molar-refractivity contribution in [1.29, 1.82) is 0 Å². The standard InChI is InChI=1S/C30H27N3O8S2/c1-3-41-28-13-6-21(15-29(28)43(38,39)40)18-31-24-9-4-20(5-10-24)14-27-19(2)32-33(30(27)34)25-11-7-23-17-26(42(35,36)37)12-8-22(23)16-25/h4-17,31H,3,18H2,1-2H3,(H,35,36,37)(H,38,39,40)/b27-14-. The molecule has 1 aliphatic heterocycles. The third-order valence-electron chi connectivity index (χ3n) is 6.70. The molecule has 11 nitrogen and oxygen atoms in total. The van der Waals surface area contributed by atoms with Gasteiger partial charge in [0.1, 0.15) is 10.6 Å². The summed E-state index contributed by atoms with van der Waals surface area (Å²) in [6.07, 6.45) is 1.73. The molecule has 3 N–H and O–H groups in total. The Morgan fingerprint density at radius 1 is 0.884 bits per heavy atom. The summed E-state index contributed by atoms with van der Waals surface area (Å²) in [6.45, 7) is 3.99. The number of hydrogen-bond acceptors (Lipinski definition) is 8. The number of amides is 1. The highest BCUT2D eigenvalue weighted by Crippen LogP contribution is 2.30. The van der Waals surface area contributed by atoms with Crippen LogP contribution in [0.3, 0.4) is 0 Å². The highest BCUT2D eigenvalue weighted by Gasteiger charge is 2.29. The zero-order valence-corrected chi connectivity index (χ0v) is 24.7. The lowest BCUT2D eigenvalue weighted by molar-refractivity contribution is -0.114. The molecule has 1 heterocycles. The van der Waals surface area contributed by atoms with Gasteiger partial charge in [-0.3, -0.25) is 13.9 Å². The van der Waals surface area contributed by atoms with Crippen molar-refractivity contribution in [3.05, 3.63) is 95.6 Å². The van der Waals surface area contributed by atoms with Gasteiger partial charge in [0.25, 0.3) is 26.1 Å². The SMILES string of the molecule is CCOc1ccc(CNc2ccc(/C=C3\C(=O)N(c4ccc5cc(S(=O)(=O)O)ccc5c4)N=C3C)cc2)cc1S(=O)(=O)O. The number of carbonyl (C=O) groups excluding carboxylic acids is 1. The van der Waals surface area contributed by atoms with Gasteiger partial charge in [-0.05, 0) is 90.4 Å². The molecule has 4 aromatic carbocycles. The van der Waals surface area contributed by atoms with Gasteiger partial charge in [-0.15, -0.1) is 0 Å². The number of fused-ring (bicyclic) bond motifs is 1. The van der Waals surface area contributed by atoms with Crippen molar-refractivity contribution in [2.75, 3.05) is 16.9 Å². The lowest BCUT2D eigenvalue weighted by Gasteiger charge is -2.13. The maximum atomic E-state index is 13.3. The van der Waals surface area contributed by atoms with Crippen LogP contribution in [-0.4, -0.2) is 44.2 Å². The topological polar surface area (TPSA) is 163 Å². The Balaban J connectivity index is 1.29. The van der Waals surface area contributed by atoms with Crippen LogP contribution in [0.25, 0.3) is 16.8 Å². The first kappa shape index (κ1) is 29.9. The number of carbonyl (C=O) groups is 1. The number of nitrogens with zero attached hydrogens (tertiary/aromatic N) is 2. The van der Waals surface area contributed by atoms with Gasteiger partial charge in [0.05, 0.1) is 28.5 Å². The van der Waals surface area contributed by atoms with E-state index in [1.165, 1.54) is 29.3 Å². The van der Waals surface area contributed by atoms with E-state index in [9.17, 15) is 30.7 Å². The summed E-state index contributed by atoms with van der Waals surface area (Å²) in [5, 5.41) is 10.2. The number of benzene rings is 4. The van der Waals surface area contributed by atoms with E-state index in [0.29, 0.717) is 33.3 Å². The molecule has 13 heteroatoms. The molecule has 1 aliphatic rings. The van der Waals surface area contributed by atoms with Crippen molar-refractivity contribution >= 4 is 60.1 Å². The Morgan fingerprint density at radius 3 is 2.26 bits per heavy atom. The molecule has 1 amide bonds. The van der Waals surface area contributed by atoms with Crippen molar-refractivity contribution in [3.8, 4) is 5.75 Å². The van der Waals surface area contributed by atoms with E-state index in [2.05, 4.69) is 10.4 Å². The molecule has 0 radical (unpaired) electrons. The minimum absolute atomic E-state index is 0.0832. The van der Waals surface area contributed by atoms with Gasteiger partial charge in [0, 0.05) is 12.2 Å². The lowest BCUT2D eigenvalue weighted by atomic mass is 10.1. The zero-order chi connectivity index (χ0) is 30.9. The average molecular weight is 622 g/mol. The third kappa shape index (κ3) is 6.60. The molecule has 0 bridgehead atoms. The van der Waals surface area contributed by atoms with E-state index < -0.39 is 20.2 Å². The predicted molar refractivity (Wildman–Crippen MR) is 164 cm³/mol. The van der Waals surface area contributed by atoms with E-state index in [0.717, 1.165) is 11.3 Å². The van der Waals surface area contributed by atoms with Crippen molar-refractivity contribution in [3.63, 3.8) is 0 Å². The van der Waals surface area contributed by atoms with E-state index in [4.69, 9.17) is 4.74 Å². The van der Waals surface area contributed by atoms with Crippen LogP contribution in [-0.2, 0) is 31.6 Å². The van der Waals surface area contributed by atoms with Gasteiger partial charge < -0.3 is 10.1 Å². The fraction of sp³-hybridized carbons (Fsp3) is 0.133. The molecular weight excluding hydrogens is 594 g/mol. The third-order valence-corrected chi connectivity index (χ3v) is 8.43. The second kappa shape index (κ2) is 11.6. The summed E-state index contributed by atoms with van der Waals surface area (Å²) in [6, 6.07) is 21.1. The van der Waals surface area contributed by atoms with Gasteiger partial charge in [0.2, 0.25) is 0 Å². The molecule has 0 atom stereocenters. The number of ether oxygens (including phenoxy) is 1. The number of hydrazone groups is 1. The Kier molecular flexibility index (Phi) is 8.08. The van der Waals surface area contributed by atoms with Gasteiger partial charge in [0.15, 0.2) is 0 Å². The molecule has 4 aromatic rings.